The van der Waals surface area contributed by atoms with E-state index in [2.05, 4.69) is 21.8 Å². The smallest absolute Gasteiger partial charge is 0.240 e. The summed E-state index contributed by atoms with van der Waals surface area (Å²) in [5.41, 5.74) is 6.39. The lowest BCUT2D eigenvalue weighted by atomic mass is 9.93. The molecule has 1 unspecified atom stereocenters. The number of hydrogen-bond acceptors (Lipinski definition) is 4. The quantitative estimate of drug-likeness (QED) is 0.823. The van der Waals surface area contributed by atoms with Gasteiger partial charge in [-0.3, -0.25) is 4.79 Å². The highest BCUT2D eigenvalue weighted by atomic mass is 16.2. The van der Waals surface area contributed by atoms with Gasteiger partial charge in [-0.25, -0.2) is 4.98 Å². The van der Waals surface area contributed by atoms with E-state index in [0.29, 0.717) is 24.4 Å². The number of rotatable bonds is 6. The van der Waals surface area contributed by atoms with Crippen LogP contribution in [0.3, 0.4) is 0 Å². The van der Waals surface area contributed by atoms with Crippen LogP contribution in [0.2, 0.25) is 0 Å². The summed E-state index contributed by atoms with van der Waals surface area (Å²) < 4.78 is 2.11. The molecule has 1 saturated heterocycles. The molecule has 3 rings (SSSR count). The highest BCUT2D eigenvalue weighted by Crippen LogP contribution is 2.56. The minimum absolute atomic E-state index is 0.0820. The number of nitrogens with one attached hydrogen (secondary N) is 1. The van der Waals surface area contributed by atoms with Crippen molar-refractivity contribution in [3.05, 3.63) is 18.2 Å². The fourth-order valence-electron chi connectivity index (χ4n) is 3.89. The predicted molar refractivity (Wildman–Crippen MR) is 89.7 cm³/mol. The van der Waals surface area contributed by atoms with Crippen LogP contribution in [0.1, 0.15) is 45.4 Å². The van der Waals surface area contributed by atoms with E-state index in [9.17, 15) is 4.79 Å². The van der Waals surface area contributed by atoms with Gasteiger partial charge in [0, 0.05) is 25.0 Å². The Kier molecular flexibility index (Phi) is 4.73. The minimum atomic E-state index is -0.403. The minimum Gasteiger partial charge on any atom is -0.334 e. The maximum atomic E-state index is 12.9. The summed E-state index contributed by atoms with van der Waals surface area (Å²) in [7, 11) is 0. The molecule has 1 aliphatic heterocycles. The van der Waals surface area contributed by atoms with Crippen molar-refractivity contribution in [3.8, 4) is 0 Å². The number of imidazole rings is 1. The third-order valence-electron chi connectivity index (χ3n) is 5.62. The Balaban J connectivity index is 1.79. The Hall–Kier alpha value is -1.40. The zero-order valence-electron chi connectivity index (χ0n) is 14.3. The molecule has 23 heavy (non-hydrogen) atoms. The van der Waals surface area contributed by atoms with E-state index in [4.69, 9.17) is 5.73 Å². The molecule has 128 valence electrons. The van der Waals surface area contributed by atoms with E-state index in [1.807, 2.05) is 24.2 Å². The molecule has 6 nitrogen and oxygen atoms in total. The van der Waals surface area contributed by atoms with Gasteiger partial charge in [-0.1, -0.05) is 6.92 Å². The molecular formula is C17H29N5O. The Labute approximate surface area is 138 Å². The highest BCUT2D eigenvalue weighted by Gasteiger charge is 2.58. The maximum Gasteiger partial charge on any atom is 0.240 e. The second kappa shape index (κ2) is 6.61. The lowest BCUT2D eigenvalue weighted by Crippen LogP contribution is -2.46. The largest absolute Gasteiger partial charge is 0.334 e. The van der Waals surface area contributed by atoms with E-state index < -0.39 is 6.04 Å². The molecule has 6 heteroatoms. The molecule has 2 fully saturated rings. The average Bonchev–Trinajstić information content (AvgIpc) is 3.06. The summed E-state index contributed by atoms with van der Waals surface area (Å²) in [6.45, 7) is 7.63. The van der Waals surface area contributed by atoms with Gasteiger partial charge in [-0.2, -0.15) is 0 Å². The fourth-order valence-corrected chi connectivity index (χ4v) is 3.89. The first-order valence-corrected chi connectivity index (χ1v) is 8.88. The van der Waals surface area contributed by atoms with Gasteiger partial charge in [0.25, 0.3) is 0 Å². The third kappa shape index (κ3) is 3.15. The van der Waals surface area contributed by atoms with Gasteiger partial charge in [0.15, 0.2) is 0 Å². The third-order valence-corrected chi connectivity index (χ3v) is 5.62. The van der Waals surface area contributed by atoms with Crippen LogP contribution in [0.15, 0.2) is 12.4 Å². The van der Waals surface area contributed by atoms with Crippen molar-refractivity contribution in [2.45, 2.75) is 64.7 Å². The molecule has 2 atom stereocenters. The number of nitrogens with zero attached hydrogens (tertiary/aromatic N) is 3. The van der Waals surface area contributed by atoms with Crippen LogP contribution >= 0.6 is 0 Å². The maximum absolute atomic E-state index is 12.9. The SMILES string of the molecule is CC[C@H](N)C(=O)N(Cc1nccn1CC)C1CC12CCNCC2. The molecule has 3 N–H and O–H groups in total. The lowest BCUT2D eigenvalue weighted by Gasteiger charge is -2.31. The number of amides is 1. The number of carbonyl (C=O) groups is 1. The molecule has 0 aromatic carbocycles. The molecule has 1 saturated carbocycles. The molecule has 1 aromatic heterocycles. The molecule has 2 heterocycles. The lowest BCUT2D eigenvalue weighted by molar-refractivity contribution is -0.134. The number of hydrogen-bond donors (Lipinski definition) is 2. The van der Waals surface area contributed by atoms with Gasteiger partial charge in [0.2, 0.25) is 5.91 Å². The summed E-state index contributed by atoms with van der Waals surface area (Å²) >= 11 is 0. The predicted octanol–water partition coefficient (Wildman–Crippen LogP) is 1.11. The van der Waals surface area contributed by atoms with Gasteiger partial charge in [-0.15, -0.1) is 0 Å². The Bertz CT molecular complexity index is 549. The van der Waals surface area contributed by atoms with E-state index >= 15 is 0 Å². The Morgan fingerprint density at radius 3 is 2.91 bits per heavy atom. The van der Waals surface area contributed by atoms with Crippen molar-refractivity contribution in [2.24, 2.45) is 11.1 Å². The Morgan fingerprint density at radius 1 is 1.52 bits per heavy atom. The zero-order chi connectivity index (χ0) is 16.4. The molecule has 2 aliphatic rings. The zero-order valence-corrected chi connectivity index (χ0v) is 14.3. The number of aromatic nitrogens is 2. The number of carbonyl (C=O) groups excluding carboxylic acids is 1. The first-order valence-electron chi connectivity index (χ1n) is 8.88. The first-order chi connectivity index (χ1) is 11.1. The molecule has 1 amide bonds. The van der Waals surface area contributed by atoms with Crippen LogP contribution in [-0.2, 0) is 17.9 Å². The van der Waals surface area contributed by atoms with E-state index in [0.717, 1.165) is 44.7 Å². The Morgan fingerprint density at radius 2 is 2.26 bits per heavy atom. The molecule has 1 aromatic rings. The van der Waals surface area contributed by atoms with E-state index in [1.54, 1.807) is 0 Å². The number of nitrogens with two attached hydrogens (primary N) is 1. The van der Waals surface area contributed by atoms with Crippen molar-refractivity contribution in [3.63, 3.8) is 0 Å². The van der Waals surface area contributed by atoms with Crippen molar-refractivity contribution in [1.29, 1.82) is 0 Å². The average molecular weight is 319 g/mol. The fraction of sp³-hybridized carbons (Fsp3) is 0.765. The number of aryl methyl sites for hydroxylation is 1. The molecular weight excluding hydrogens is 290 g/mol. The van der Waals surface area contributed by atoms with Crippen LogP contribution < -0.4 is 11.1 Å². The van der Waals surface area contributed by atoms with Crippen LogP contribution in [0.25, 0.3) is 0 Å². The summed E-state index contributed by atoms with van der Waals surface area (Å²) in [6.07, 6.45) is 7.90. The van der Waals surface area contributed by atoms with Crippen molar-refractivity contribution >= 4 is 5.91 Å². The van der Waals surface area contributed by atoms with Gasteiger partial charge in [-0.05, 0) is 51.1 Å². The monoisotopic (exact) mass is 319 g/mol. The van der Waals surface area contributed by atoms with Crippen molar-refractivity contribution < 1.29 is 4.79 Å². The van der Waals surface area contributed by atoms with Gasteiger partial charge < -0.3 is 20.5 Å². The van der Waals surface area contributed by atoms with Crippen molar-refractivity contribution in [1.82, 2.24) is 19.8 Å². The summed E-state index contributed by atoms with van der Waals surface area (Å²) in [6, 6.07) is -0.0730. The summed E-state index contributed by atoms with van der Waals surface area (Å²) in [5.74, 6) is 1.04. The molecule has 0 bridgehead atoms. The standard InChI is InChI=1S/C17H29N5O/c1-3-13(18)16(23)22(12-15-20-9-10-21(15)4-2)14-11-17(14)5-7-19-8-6-17/h9-10,13-14,19H,3-8,11-12,18H2,1-2H3/t13-,14?/m0/s1. The number of piperidine rings is 1. The molecule has 1 aliphatic carbocycles. The first kappa shape index (κ1) is 16.5. The second-order valence-electron chi connectivity index (χ2n) is 6.94. The second-order valence-corrected chi connectivity index (χ2v) is 6.94. The van der Waals surface area contributed by atoms with Crippen molar-refractivity contribution in [2.75, 3.05) is 13.1 Å². The summed E-state index contributed by atoms with van der Waals surface area (Å²) in [4.78, 5) is 19.3. The van der Waals surface area contributed by atoms with Gasteiger partial charge >= 0.3 is 0 Å². The van der Waals surface area contributed by atoms with Gasteiger partial charge in [0.05, 0.1) is 12.6 Å². The topological polar surface area (TPSA) is 76.2 Å². The van der Waals surface area contributed by atoms with Gasteiger partial charge in [0.1, 0.15) is 5.82 Å². The van der Waals surface area contributed by atoms with E-state index in [1.165, 1.54) is 0 Å². The summed E-state index contributed by atoms with van der Waals surface area (Å²) in [5, 5.41) is 3.42. The van der Waals surface area contributed by atoms with Crippen LogP contribution in [-0.4, -0.2) is 45.5 Å². The molecule has 0 radical (unpaired) electrons. The highest BCUT2D eigenvalue weighted by molar-refractivity contribution is 5.82. The van der Waals surface area contributed by atoms with Crippen LogP contribution in [0.5, 0.6) is 0 Å². The van der Waals surface area contributed by atoms with Crippen LogP contribution in [0.4, 0.5) is 0 Å². The molecule has 1 spiro atoms. The normalized spacial score (nSPS) is 23.7. The van der Waals surface area contributed by atoms with Crippen LogP contribution in [0, 0.1) is 5.41 Å². The van der Waals surface area contributed by atoms with E-state index in [-0.39, 0.29) is 5.91 Å².